The summed E-state index contributed by atoms with van der Waals surface area (Å²) in [6.45, 7) is 4.80. The van der Waals surface area contributed by atoms with Gasteiger partial charge in [-0.25, -0.2) is 4.98 Å². The normalized spacial score (nSPS) is 14.8. The van der Waals surface area contributed by atoms with Crippen LogP contribution in [0.3, 0.4) is 0 Å². The fourth-order valence-corrected chi connectivity index (χ4v) is 2.47. The molecular weight excluding hydrogens is 294 g/mol. The second kappa shape index (κ2) is 7.68. The van der Waals surface area contributed by atoms with Gasteiger partial charge in [-0.05, 0) is 12.1 Å². The van der Waals surface area contributed by atoms with Crippen molar-refractivity contribution in [3.05, 3.63) is 30.6 Å². The molecule has 1 aliphatic rings. The fourth-order valence-electron chi connectivity index (χ4n) is 2.47. The number of pyridine rings is 1. The number of aromatic nitrogens is 4. The molecule has 0 unspecified atom stereocenters. The molecule has 0 aliphatic carbocycles. The van der Waals surface area contributed by atoms with E-state index in [4.69, 9.17) is 4.74 Å². The van der Waals surface area contributed by atoms with Crippen LogP contribution < -0.4 is 15.1 Å². The predicted molar refractivity (Wildman–Crippen MR) is 88.9 cm³/mol. The fraction of sp³-hybridized carbons (Fsp3) is 0.467. The molecule has 0 amide bonds. The van der Waals surface area contributed by atoms with Crippen LogP contribution in [0.15, 0.2) is 30.6 Å². The van der Waals surface area contributed by atoms with E-state index in [1.165, 1.54) is 0 Å². The van der Waals surface area contributed by atoms with E-state index >= 15 is 0 Å². The third-order valence-electron chi connectivity index (χ3n) is 3.70. The molecule has 23 heavy (non-hydrogen) atoms. The zero-order valence-corrected chi connectivity index (χ0v) is 13.2. The van der Waals surface area contributed by atoms with Crippen molar-refractivity contribution < 1.29 is 4.74 Å². The summed E-state index contributed by atoms with van der Waals surface area (Å²) in [5.41, 5.74) is 0. The lowest BCUT2D eigenvalue weighted by atomic mass is 10.3. The van der Waals surface area contributed by atoms with Gasteiger partial charge in [0.05, 0.1) is 12.8 Å². The van der Waals surface area contributed by atoms with Crippen LogP contribution in [-0.4, -0.2) is 66.6 Å². The smallest absolute Gasteiger partial charge is 0.247 e. The van der Waals surface area contributed by atoms with Crippen molar-refractivity contribution >= 4 is 17.6 Å². The molecule has 3 heterocycles. The number of piperazine rings is 1. The minimum Gasteiger partial charge on any atom is -0.383 e. The molecule has 1 aliphatic heterocycles. The summed E-state index contributed by atoms with van der Waals surface area (Å²) in [4.78, 5) is 13.3. The van der Waals surface area contributed by atoms with Crippen molar-refractivity contribution in [2.45, 2.75) is 0 Å². The van der Waals surface area contributed by atoms with Crippen molar-refractivity contribution in [2.75, 3.05) is 61.6 Å². The maximum atomic E-state index is 5.02. The Morgan fingerprint density at radius 1 is 1.17 bits per heavy atom. The number of nitrogens with zero attached hydrogens (tertiary/aromatic N) is 6. The van der Waals surface area contributed by atoms with Crippen LogP contribution in [0.1, 0.15) is 0 Å². The maximum absolute atomic E-state index is 5.02. The molecule has 2 aromatic heterocycles. The van der Waals surface area contributed by atoms with E-state index in [9.17, 15) is 0 Å². The van der Waals surface area contributed by atoms with E-state index in [0.717, 1.165) is 37.8 Å². The Labute approximate surface area is 135 Å². The Bertz CT molecular complexity index is 602. The zero-order valence-electron chi connectivity index (χ0n) is 13.2. The van der Waals surface area contributed by atoms with Gasteiger partial charge in [-0.1, -0.05) is 6.07 Å². The average Bonchev–Trinajstić information content (AvgIpc) is 2.63. The average molecular weight is 315 g/mol. The van der Waals surface area contributed by atoms with E-state index in [2.05, 4.69) is 35.3 Å². The van der Waals surface area contributed by atoms with E-state index in [1.54, 1.807) is 13.3 Å². The Balaban J connectivity index is 1.58. The molecule has 1 fully saturated rings. The summed E-state index contributed by atoms with van der Waals surface area (Å²) in [7, 11) is 1.67. The molecule has 0 bridgehead atoms. The summed E-state index contributed by atoms with van der Waals surface area (Å²) < 4.78 is 5.02. The first-order valence-electron chi connectivity index (χ1n) is 7.70. The van der Waals surface area contributed by atoms with Crippen LogP contribution in [0.4, 0.5) is 17.6 Å². The maximum Gasteiger partial charge on any atom is 0.247 e. The first kappa shape index (κ1) is 15.4. The molecule has 2 aromatic rings. The highest BCUT2D eigenvalue weighted by Gasteiger charge is 2.20. The number of ether oxygens (including phenoxy) is 1. The molecule has 122 valence electrons. The van der Waals surface area contributed by atoms with E-state index < -0.39 is 0 Å². The second-order valence-electron chi connectivity index (χ2n) is 5.22. The number of hydrogen-bond donors (Lipinski definition) is 1. The molecule has 1 N–H and O–H groups in total. The highest BCUT2D eigenvalue weighted by atomic mass is 16.5. The SMILES string of the molecule is COCCNc1cnnc(N2CCN(c3ccccn3)CC2)n1. The Kier molecular flexibility index (Phi) is 5.15. The molecule has 0 spiro atoms. The third-order valence-corrected chi connectivity index (χ3v) is 3.70. The van der Waals surface area contributed by atoms with Crippen molar-refractivity contribution in [2.24, 2.45) is 0 Å². The van der Waals surface area contributed by atoms with Gasteiger partial charge in [0.2, 0.25) is 5.95 Å². The molecular formula is C15H21N7O. The van der Waals surface area contributed by atoms with Crippen LogP contribution >= 0.6 is 0 Å². The lowest BCUT2D eigenvalue weighted by Gasteiger charge is -2.35. The largest absolute Gasteiger partial charge is 0.383 e. The van der Waals surface area contributed by atoms with Crippen LogP contribution in [0.2, 0.25) is 0 Å². The lowest BCUT2D eigenvalue weighted by molar-refractivity contribution is 0.210. The molecule has 1 saturated heterocycles. The standard InChI is InChI=1S/C15H21N7O/c1-23-11-6-16-13-12-18-20-15(19-13)22-9-7-21(8-10-22)14-4-2-3-5-17-14/h2-5,12H,6-11H2,1H3,(H,16,19,20). The van der Waals surface area contributed by atoms with E-state index in [1.807, 2.05) is 24.4 Å². The first-order valence-corrected chi connectivity index (χ1v) is 7.70. The van der Waals surface area contributed by atoms with Crippen LogP contribution in [0.25, 0.3) is 0 Å². The molecule has 0 atom stereocenters. The second-order valence-corrected chi connectivity index (χ2v) is 5.22. The van der Waals surface area contributed by atoms with Gasteiger partial charge < -0.3 is 19.9 Å². The van der Waals surface area contributed by atoms with Gasteiger partial charge in [0.1, 0.15) is 5.82 Å². The summed E-state index contributed by atoms with van der Waals surface area (Å²) in [5.74, 6) is 2.40. The minimum absolute atomic E-state index is 0.627. The van der Waals surface area contributed by atoms with Crippen LogP contribution in [-0.2, 0) is 4.74 Å². The summed E-state index contributed by atoms with van der Waals surface area (Å²) in [5, 5.41) is 11.4. The van der Waals surface area contributed by atoms with E-state index in [-0.39, 0.29) is 0 Å². The minimum atomic E-state index is 0.627. The molecule has 3 rings (SSSR count). The molecule has 8 heteroatoms. The number of methoxy groups -OCH3 is 1. The lowest BCUT2D eigenvalue weighted by Crippen LogP contribution is -2.47. The van der Waals surface area contributed by atoms with Gasteiger partial charge in [-0.2, -0.15) is 10.1 Å². The topological polar surface area (TPSA) is 79.3 Å². The monoisotopic (exact) mass is 315 g/mol. The summed E-state index contributed by atoms with van der Waals surface area (Å²) in [6.07, 6.45) is 3.45. The van der Waals surface area contributed by atoms with Crippen LogP contribution in [0.5, 0.6) is 0 Å². The quantitative estimate of drug-likeness (QED) is 0.779. The summed E-state index contributed by atoms with van der Waals surface area (Å²) in [6, 6.07) is 5.98. The van der Waals surface area contributed by atoms with Gasteiger partial charge in [0.25, 0.3) is 0 Å². The summed E-state index contributed by atoms with van der Waals surface area (Å²) >= 11 is 0. The van der Waals surface area contributed by atoms with Crippen LogP contribution in [0, 0.1) is 0 Å². The predicted octanol–water partition coefficient (Wildman–Crippen LogP) is 0.651. The van der Waals surface area contributed by atoms with E-state index in [0.29, 0.717) is 19.1 Å². The number of hydrogen-bond acceptors (Lipinski definition) is 8. The third kappa shape index (κ3) is 4.04. The molecule has 8 nitrogen and oxygen atoms in total. The van der Waals surface area contributed by atoms with Crippen molar-refractivity contribution in [1.82, 2.24) is 20.2 Å². The van der Waals surface area contributed by atoms with Gasteiger partial charge in [0, 0.05) is 46.0 Å². The highest BCUT2D eigenvalue weighted by molar-refractivity contribution is 5.43. The van der Waals surface area contributed by atoms with Crippen molar-refractivity contribution in [1.29, 1.82) is 0 Å². The molecule has 0 aromatic carbocycles. The highest BCUT2D eigenvalue weighted by Crippen LogP contribution is 2.16. The number of nitrogens with one attached hydrogen (secondary N) is 1. The van der Waals surface area contributed by atoms with Gasteiger partial charge >= 0.3 is 0 Å². The molecule has 0 radical (unpaired) electrons. The van der Waals surface area contributed by atoms with Gasteiger partial charge in [0.15, 0.2) is 5.82 Å². The Hall–Kier alpha value is -2.48. The zero-order chi connectivity index (χ0) is 15.9. The number of rotatable bonds is 6. The Morgan fingerprint density at radius 2 is 2.00 bits per heavy atom. The number of anilines is 3. The van der Waals surface area contributed by atoms with Crippen molar-refractivity contribution in [3.63, 3.8) is 0 Å². The molecule has 0 saturated carbocycles. The first-order chi connectivity index (χ1) is 11.4. The van der Waals surface area contributed by atoms with Gasteiger partial charge in [-0.3, -0.25) is 0 Å². The van der Waals surface area contributed by atoms with Gasteiger partial charge in [-0.15, -0.1) is 5.10 Å². The van der Waals surface area contributed by atoms with Crippen molar-refractivity contribution in [3.8, 4) is 0 Å². The Morgan fingerprint density at radius 3 is 2.74 bits per heavy atom.